The molecule has 2 aromatic carbocycles. The third kappa shape index (κ3) is 13.2. The fourth-order valence-corrected chi connectivity index (χ4v) is 9.18. The number of likely N-dealkylation sites (tertiary alicyclic amines) is 1. The van der Waals surface area contributed by atoms with Gasteiger partial charge >= 0.3 is 24.5 Å². The van der Waals surface area contributed by atoms with Gasteiger partial charge in [-0.3, -0.25) is 19.9 Å². The van der Waals surface area contributed by atoms with Crippen molar-refractivity contribution in [1.82, 2.24) is 46.5 Å². The van der Waals surface area contributed by atoms with Gasteiger partial charge in [0.05, 0.1) is 56.5 Å². The van der Waals surface area contributed by atoms with E-state index in [9.17, 15) is 50.6 Å². The number of methoxy groups -OCH3 is 2. The highest BCUT2D eigenvalue weighted by atomic mass is 19.4. The van der Waals surface area contributed by atoms with Gasteiger partial charge in [0.15, 0.2) is 0 Å². The molecular formula is C51H58F8N10O9. The summed E-state index contributed by atoms with van der Waals surface area (Å²) < 4.78 is 139. The smallest absolute Gasteiger partial charge is 0.407 e. The molecule has 0 spiro atoms. The van der Waals surface area contributed by atoms with Crippen LogP contribution >= 0.6 is 0 Å². The molecule has 27 heteroatoms. The normalized spacial score (nSPS) is 18.5. The van der Waals surface area contributed by atoms with Gasteiger partial charge in [-0.1, -0.05) is 24.0 Å². The van der Waals surface area contributed by atoms with E-state index in [2.05, 4.69) is 57.0 Å². The number of amides is 4. The molecule has 78 heavy (non-hydrogen) atoms. The number of anilines is 1. The summed E-state index contributed by atoms with van der Waals surface area (Å²) in [7, 11) is 1.65. The van der Waals surface area contributed by atoms with Crippen LogP contribution in [0.5, 0.6) is 0 Å². The molecule has 0 saturated carbocycles. The van der Waals surface area contributed by atoms with Crippen molar-refractivity contribution in [2.24, 2.45) is 10.8 Å². The summed E-state index contributed by atoms with van der Waals surface area (Å²) in [5.74, 6) is 0.866. The summed E-state index contributed by atoms with van der Waals surface area (Å²) in [5, 5.41) is 26.0. The third-order valence-electron chi connectivity index (χ3n) is 14.2. The van der Waals surface area contributed by atoms with Crippen molar-refractivity contribution in [3.05, 3.63) is 94.5 Å². The van der Waals surface area contributed by atoms with Crippen molar-refractivity contribution in [2.45, 2.75) is 109 Å². The number of fused-ring (bicyclic) bond motifs is 2. The molecule has 5 heterocycles. The highest BCUT2D eigenvalue weighted by Gasteiger charge is 2.57. The zero-order valence-electron chi connectivity index (χ0n) is 43.3. The number of nitrogens with one attached hydrogen (secondary N) is 4. The monoisotopic (exact) mass is 1110 g/mol. The molecule has 0 aliphatic carbocycles. The number of aliphatic hydroxyl groups excluding tert-OH is 1. The Bertz CT molecular complexity index is 2850. The van der Waals surface area contributed by atoms with Gasteiger partial charge in [-0.2, -0.15) is 26.3 Å². The van der Waals surface area contributed by atoms with Gasteiger partial charge in [0.25, 0.3) is 5.91 Å². The lowest BCUT2D eigenvalue weighted by Crippen LogP contribution is -2.63. The highest BCUT2D eigenvalue weighted by Crippen LogP contribution is 2.42. The van der Waals surface area contributed by atoms with Crippen LogP contribution in [0.25, 0.3) is 11.5 Å². The molecule has 19 nitrogen and oxygen atoms in total. The summed E-state index contributed by atoms with van der Waals surface area (Å²) in [6, 6.07) is 6.03. The number of carbonyl (C=O) groups is 4. The number of aliphatic hydroxyl groups is 1. The Morgan fingerprint density at radius 2 is 1.37 bits per heavy atom. The van der Waals surface area contributed by atoms with E-state index < -0.39 is 108 Å². The Balaban J connectivity index is 1.18. The van der Waals surface area contributed by atoms with Crippen LogP contribution in [0, 0.1) is 41.2 Å². The Morgan fingerprint density at radius 3 is 1.86 bits per heavy atom. The fraction of sp³-hybridized carbons (Fsp3) is 0.510. The van der Waals surface area contributed by atoms with Crippen LogP contribution in [0.4, 0.5) is 50.5 Å². The van der Waals surface area contributed by atoms with Crippen LogP contribution < -0.4 is 26.3 Å². The van der Waals surface area contributed by atoms with Crippen molar-refractivity contribution in [2.75, 3.05) is 52.0 Å². The maximum absolute atomic E-state index is 16.0. The van der Waals surface area contributed by atoms with Crippen LogP contribution in [-0.4, -0.2) is 156 Å². The first-order valence-corrected chi connectivity index (χ1v) is 24.4. The van der Waals surface area contributed by atoms with Gasteiger partial charge in [-0.05, 0) is 82.5 Å². The SMILES string of the molecule is COC(=O)N[C@H](C(=O)N[C@@H](Cc1ccc(C#Cc2ccc(N3C[C@H]4C[C@@H]3CN4C3COC3)nc2)cc1)[C@@H](O)CN(Cc1c(F)cc(-c2nnc(C)o2)cc1F)NC(=O)[C@@H](NC(=O)OC)C(C)(C)C(F)(F)F)C(C)(C)C(F)(F)F. The van der Waals surface area contributed by atoms with Crippen LogP contribution in [-0.2, 0) is 36.8 Å². The number of carbonyl (C=O) groups excluding carboxylic acids is 4. The number of alkyl carbamates (subject to hydrolysis) is 2. The predicted molar refractivity (Wildman–Crippen MR) is 260 cm³/mol. The number of pyridine rings is 1. The molecular weight excluding hydrogens is 1050 g/mol. The van der Waals surface area contributed by atoms with Gasteiger partial charge in [0.2, 0.25) is 17.7 Å². The van der Waals surface area contributed by atoms with Crippen molar-refractivity contribution in [3.63, 3.8) is 0 Å². The number of hydrogen-bond acceptors (Lipinski definition) is 15. The molecule has 4 aromatic rings. The average Bonchev–Trinajstić information content (AvgIpc) is 4.21. The van der Waals surface area contributed by atoms with Gasteiger partial charge in [0.1, 0.15) is 29.5 Å². The maximum Gasteiger partial charge on any atom is 0.407 e. The zero-order valence-corrected chi connectivity index (χ0v) is 43.3. The first-order chi connectivity index (χ1) is 36.6. The van der Waals surface area contributed by atoms with E-state index in [1.54, 1.807) is 18.3 Å². The molecule has 5 N–H and O–H groups in total. The lowest BCUT2D eigenvalue weighted by Gasteiger charge is -2.42. The second-order valence-corrected chi connectivity index (χ2v) is 20.3. The minimum Gasteiger partial charge on any atom is -0.453 e. The van der Waals surface area contributed by atoms with Gasteiger partial charge < -0.3 is 44.6 Å². The van der Waals surface area contributed by atoms with Crippen molar-refractivity contribution < 1.29 is 78.0 Å². The van der Waals surface area contributed by atoms with E-state index in [1.165, 1.54) is 19.1 Å². The summed E-state index contributed by atoms with van der Waals surface area (Å²) in [6.07, 6.45) is -13.1. The van der Waals surface area contributed by atoms with Gasteiger partial charge in [-0.15, -0.1) is 10.2 Å². The lowest BCUT2D eigenvalue weighted by atomic mass is 9.82. The fourth-order valence-electron chi connectivity index (χ4n) is 9.18. The van der Waals surface area contributed by atoms with E-state index in [-0.39, 0.29) is 17.3 Å². The van der Waals surface area contributed by atoms with Crippen molar-refractivity contribution in [3.8, 4) is 23.3 Å². The molecule has 4 amide bonds. The van der Waals surface area contributed by atoms with Crippen LogP contribution in [0.3, 0.4) is 0 Å². The van der Waals surface area contributed by atoms with Crippen LogP contribution in [0.15, 0.2) is 59.1 Å². The topological polar surface area (TPSA) is 226 Å². The second-order valence-electron chi connectivity index (χ2n) is 20.3. The molecule has 2 aromatic heterocycles. The highest BCUT2D eigenvalue weighted by molar-refractivity contribution is 5.87. The summed E-state index contributed by atoms with van der Waals surface area (Å²) >= 11 is 0. The summed E-state index contributed by atoms with van der Waals surface area (Å²) in [6.45, 7) is 4.96. The molecule has 3 fully saturated rings. The van der Waals surface area contributed by atoms with E-state index in [4.69, 9.17) is 9.15 Å². The van der Waals surface area contributed by atoms with Gasteiger partial charge in [-0.25, -0.2) is 28.4 Å². The predicted octanol–water partition coefficient (Wildman–Crippen LogP) is 5.33. The molecule has 422 valence electrons. The average molecular weight is 1110 g/mol. The molecule has 7 rings (SSSR count). The number of aryl methyl sites for hydroxylation is 1. The number of benzene rings is 2. The Kier molecular flexibility index (Phi) is 17.6. The van der Waals surface area contributed by atoms with Crippen LogP contribution in [0.1, 0.15) is 62.3 Å². The largest absolute Gasteiger partial charge is 0.453 e. The van der Waals surface area contributed by atoms with Gasteiger partial charge in [0, 0.05) is 73.6 Å². The first kappa shape index (κ1) is 58.5. The number of ether oxygens (including phenoxy) is 3. The maximum atomic E-state index is 16.0. The minimum atomic E-state index is -5.19. The number of alkyl halides is 6. The summed E-state index contributed by atoms with van der Waals surface area (Å²) in [4.78, 5) is 62.3. The summed E-state index contributed by atoms with van der Waals surface area (Å²) in [5.41, 5.74) is -3.70. The van der Waals surface area contributed by atoms with Crippen molar-refractivity contribution >= 4 is 29.8 Å². The molecule has 6 atom stereocenters. The van der Waals surface area contributed by atoms with E-state index in [0.29, 0.717) is 67.5 Å². The minimum absolute atomic E-state index is 0.0429. The molecule has 3 aliphatic heterocycles. The Morgan fingerprint density at radius 1 is 0.795 bits per heavy atom. The molecule has 0 radical (unpaired) electrons. The molecule has 0 unspecified atom stereocenters. The number of aromatic nitrogens is 3. The number of hydrazine groups is 1. The zero-order chi connectivity index (χ0) is 57.1. The first-order valence-electron chi connectivity index (χ1n) is 24.4. The molecule has 2 bridgehead atoms. The number of piperazine rings is 1. The van der Waals surface area contributed by atoms with E-state index >= 15 is 8.78 Å². The third-order valence-corrected chi connectivity index (χ3v) is 14.2. The Hall–Kier alpha value is -7.15. The lowest BCUT2D eigenvalue weighted by molar-refractivity contribution is -0.221. The molecule has 3 saturated heterocycles. The quantitative estimate of drug-likeness (QED) is 0.0483. The number of rotatable bonds is 18. The number of hydrogen-bond donors (Lipinski definition) is 5. The van der Waals surface area contributed by atoms with E-state index in [0.717, 1.165) is 64.9 Å². The number of nitrogens with zero attached hydrogens (tertiary/aromatic N) is 6. The molecule has 3 aliphatic rings. The van der Waals surface area contributed by atoms with Crippen LogP contribution in [0.2, 0.25) is 0 Å². The van der Waals surface area contributed by atoms with Crippen molar-refractivity contribution in [1.29, 1.82) is 0 Å². The standard InChI is InChI=1S/C51H58F8N10O9/c1-27-64-65-45(78-27)31-17-36(52)35(37(53)18-31)23-67(66-44(72)42(63-47(74)76-7)49(4,5)51(57,58)59)24-39(70)38(61-43(71)41(62-46(73)75-6)48(2,3)50(54,55)56)16-29-11-8-28(9-12-29)10-13-30-14-15-40(60-20-30)69-22-32-19-33(69)21-68(32)34-25-77-26-34/h8-9,11-12,14-15,17-18,20,32-34,38-39,41-42,70H,16,19,21-26H2,1-7H3,(H,61,71)(H,62,73)(H,63,74)(H,66,72)/t32-,33-,38+,39+,41-,42-/m1/s1. The Labute approximate surface area is 442 Å². The van der Waals surface area contributed by atoms with E-state index in [1.807, 2.05) is 22.8 Å². The number of halogens is 8. The second kappa shape index (κ2) is 23.4.